The van der Waals surface area contributed by atoms with Gasteiger partial charge in [0, 0.05) is 11.9 Å². The van der Waals surface area contributed by atoms with Gasteiger partial charge < -0.3 is 0 Å². The molecule has 0 aliphatic carbocycles. The maximum atomic E-state index is 4.10. The zero-order chi connectivity index (χ0) is 6.81. The van der Waals surface area contributed by atoms with Crippen LogP contribution in [0.25, 0.3) is 6.08 Å². The van der Waals surface area contributed by atoms with Gasteiger partial charge in [0.1, 0.15) is 6.33 Å². The van der Waals surface area contributed by atoms with E-state index in [0.717, 1.165) is 11.4 Å². The summed E-state index contributed by atoms with van der Waals surface area (Å²) in [6.07, 6.45) is 7.58. The molecule has 1 aliphatic heterocycles. The first-order chi connectivity index (χ1) is 4.97. The van der Waals surface area contributed by atoms with Crippen molar-refractivity contribution < 1.29 is 0 Å². The van der Waals surface area contributed by atoms with Gasteiger partial charge >= 0.3 is 0 Å². The Balaban J connectivity index is 0.000000605. The van der Waals surface area contributed by atoms with Gasteiger partial charge in [-0.05, 0) is 6.08 Å². The normalized spacial score (nSPS) is 12.3. The third kappa shape index (κ3) is 2.37. The Hall–Kier alpha value is -0.250. The first kappa shape index (κ1) is 11.8. The Kier molecular flexibility index (Phi) is 5.29. The van der Waals surface area contributed by atoms with Crippen LogP contribution in [0.15, 0.2) is 23.5 Å². The van der Waals surface area contributed by atoms with Crippen molar-refractivity contribution >= 4 is 42.7 Å². The highest BCUT2D eigenvalue weighted by Gasteiger charge is 2.03. The molecular formula is C7H8Cl2N2S. The Morgan fingerprint density at radius 3 is 2.92 bits per heavy atom. The molecule has 2 rings (SSSR count). The first-order valence-electron chi connectivity index (χ1n) is 3.06. The second kappa shape index (κ2) is 5.41. The quantitative estimate of drug-likeness (QED) is 0.675. The van der Waals surface area contributed by atoms with Crippen molar-refractivity contribution in [2.45, 2.75) is 4.90 Å². The fraction of sp³-hybridized carbons (Fsp3) is 0.143. The molecule has 66 valence electrons. The minimum atomic E-state index is 0. The van der Waals surface area contributed by atoms with Crippen LogP contribution >= 0.6 is 36.6 Å². The van der Waals surface area contributed by atoms with Gasteiger partial charge in [-0.2, -0.15) is 0 Å². The van der Waals surface area contributed by atoms with Gasteiger partial charge in [-0.25, -0.2) is 9.97 Å². The van der Waals surface area contributed by atoms with Crippen LogP contribution in [-0.4, -0.2) is 15.7 Å². The highest BCUT2D eigenvalue weighted by molar-refractivity contribution is 7.99. The third-order valence-corrected chi connectivity index (χ3v) is 2.30. The molecule has 0 saturated carbocycles. The van der Waals surface area contributed by atoms with Crippen molar-refractivity contribution in [3.05, 3.63) is 24.3 Å². The van der Waals surface area contributed by atoms with Crippen molar-refractivity contribution in [2.75, 3.05) is 5.75 Å². The molecule has 0 bridgehead atoms. The lowest BCUT2D eigenvalue weighted by Gasteiger charge is -2.05. The number of halogens is 2. The Labute approximate surface area is 87.7 Å². The summed E-state index contributed by atoms with van der Waals surface area (Å²) < 4.78 is 0. The standard InChI is InChI=1S/C7H6N2S.2ClH/c1-2-6-7(10-3-1)4-8-5-9-6;;/h1-2,4-5H,3H2;2*1H. The van der Waals surface area contributed by atoms with E-state index in [-0.39, 0.29) is 24.8 Å². The SMILES string of the molecule is C1=Cc2ncncc2SC1.Cl.Cl. The van der Waals surface area contributed by atoms with Crippen LogP contribution in [0.5, 0.6) is 0 Å². The predicted octanol–water partition coefficient (Wildman–Crippen LogP) is 2.44. The minimum Gasteiger partial charge on any atom is -0.244 e. The number of rotatable bonds is 0. The molecule has 0 spiro atoms. The zero-order valence-corrected chi connectivity index (χ0v) is 8.59. The fourth-order valence-electron chi connectivity index (χ4n) is 0.860. The number of thioether (sulfide) groups is 1. The molecular weight excluding hydrogens is 215 g/mol. The Morgan fingerprint density at radius 1 is 1.33 bits per heavy atom. The molecule has 0 saturated heterocycles. The summed E-state index contributed by atoms with van der Waals surface area (Å²) >= 11 is 1.78. The van der Waals surface area contributed by atoms with Crippen molar-refractivity contribution in [1.29, 1.82) is 0 Å². The van der Waals surface area contributed by atoms with Gasteiger partial charge in [0.2, 0.25) is 0 Å². The van der Waals surface area contributed by atoms with Gasteiger partial charge in [0.15, 0.2) is 0 Å². The number of aromatic nitrogens is 2. The summed E-state index contributed by atoms with van der Waals surface area (Å²) in [6.45, 7) is 0. The molecule has 0 radical (unpaired) electrons. The molecule has 2 heterocycles. The van der Waals surface area contributed by atoms with Crippen LogP contribution in [0.3, 0.4) is 0 Å². The third-order valence-electron chi connectivity index (χ3n) is 1.32. The molecule has 0 aromatic carbocycles. The van der Waals surface area contributed by atoms with E-state index in [4.69, 9.17) is 0 Å². The average Bonchev–Trinajstić information content (AvgIpc) is 2.05. The van der Waals surface area contributed by atoms with Crippen LogP contribution in [-0.2, 0) is 0 Å². The molecule has 0 fully saturated rings. The van der Waals surface area contributed by atoms with Crippen LogP contribution < -0.4 is 0 Å². The van der Waals surface area contributed by atoms with E-state index in [2.05, 4.69) is 16.0 Å². The Bertz CT molecular complexity index is 278. The van der Waals surface area contributed by atoms with E-state index in [1.807, 2.05) is 12.3 Å². The largest absolute Gasteiger partial charge is 0.244 e. The summed E-state index contributed by atoms with van der Waals surface area (Å²) in [5.74, 6) is 1.04. The van der Waals surface area contributed by atoms with Gasteiger partial charge in [-0.1, -0.05) is 6.08 Å². The van der Waals surface area contributed by atoms with Crippen molar-refractivity contribution in [2.24, 2.45) is 0 Å². The number of fused-ring (bicyclic) bond motifs is 1. The van der Waals surface area contributed by atoms with E-state index >= 15 is 0 Å². The summed E-state index contributed by atoms with van der Waals surface area (Å²) in [7, 11) is 0. The summed E-state index contributed by atoms with van der Waals surface area (Å²) in [6, 6.07) is 0. The predicted molar refractivity (Wildman–Crippen MR) is 56.3 cm³/mol. The number of hydrogen-bond donors (Lipinski definition) is 0. The molecule has 2 nitrogen and oxygen atoms in total. The minimum absolute atomic E-state index is 0. The topological polar surface area (TPSA) is 25.8 Å². The van der Waals surface area contributed by atoms with Gasteiger partial charge in [0.05, 0.1) is 10.6 Å². The smallest absolute Gasteiger partial charge is 0.116 e. The van der Waals surface area contributed by atoms with Crippen molar-refractivity contribution in [3.63, 3.8) is 0 Å². The average molecular weight is 223 g/mol. The molecule has 5 heteroatoms. The highest BCUT2D eigenvalue weighted by atomic mass is 35.5. The van der Waals surface area contributed by atoms with Crippen LogP contribution in [0.1, 0.15) is 5.69 Å². The summed E-state index contributed by atoms with van der Waals surface area (Å²) in [5.41, 5.74) is 1.05. The zero-order valence-electron chi connectivity index (χ0n) is 6.14. The summed E-state index contributed by atoms with van der Waals surface area (Å²) in [5, 5.41) is 0. The molecule has 1 aliphatic rings. The number of hydrogen-bond acceptors (Lipinski definition) is 3. The van der Waals surface area contributed by atoms with E-state index in [1.165, 1.54) is 4.90 Å². The summed E-state index contributed by atoms with van der Waals surface area (Å²) in [4.78, 5) is 9.22. The van der Waals surface area contributed by atoms with E-state index < -0.39 is 0 Å². The molecule has 0 amide bonds. The van der Waals surface area contributed by atoms with Crippen LogP contribution in [0.4, 0.5) is 0 Å². The second-order valence-corrected chi connectivity index (χ2v) is 3.05. The van der Waals surface area contributed by atoms with E-state index in [9.17, 15) is 0 Å². The lowest BCUT2D eigenvalue weighted by molar-refractivity contribution is 1.07. The van der Waals surface area contributed by atoms with Crippen LogP contribution in [0.2, 0.25) is 0 Å². The number of nitrogens with zero attached hydrogens (tertiary/aromatic N) is 2. The molecule has 12 heavy (non-hydrogen) atoms. The molecule has 1 aromatic heterocycles. The molecule has 0 atom stereocenters. The Morgan fingerprint density at radius 2 is 2.17 bits per heavy atom. The molecule has 0 N–H and O–H groups in total. The second-order valence-electron chi connectivity index (χ2n) is 1.99. The fourth-order valence-corrected chi connectivity index (χ4v) is 1.64. The van der Waals surface area contributed by atoms with Crippen molar-refractivity contribution in [1.82, 2.24) is 9.97 Å². The van der Waals surface area contributed by atoms with Crippen molar-refractivity contribution in [3.8, 4) is 0 Å². The maximum Gasteiger partial charge on any atom is 0.116 e. The van der Waals surface area contributed by atoms with Gasteiger partial charge in [-0.15, -0.1) is 36.6 Å². The van der Waals surface area contributed by atoms with Gasteiger partial charge in [-0.3, -0.25) is 0 Å². The highest BCUT2D eigenvalue weighted by Crippen LogP contribution is 2.24. The van der Waals surface area contributed by atoms with E-state index in [0.29, 0.717) is 0 Å². The van der Waals surface area contributed by atoms with Gasteiger partial charge in [0.25, 0.3) is 0 Å². The maximum absolute atomic E-state index is 4.10. The monoisotopic (exact) mass is 222 g/mol. The lowest BCUT2D eigenvalue weighted by atomic mass is 10.3. The lowest BCUT2D eigenvalue weighted by Crippen LogP contribution is -1.91. The van der Waals surface area contributed by atoms with E-state index in [1.54, 1.807) is 18.1 Å². The van der Waals surface area contributed by atoms with Crippen LogP contribution in [0, 0.1) is 0 Å². The molecule has 0 unspecified atom stereocenters. The molecule has 1 aromatic rings. The first-order valence-corrected chi connectivity index (χ1v) is 4.05.